The monoisotopic (exact) mass is 288 g/mol. The van der Waals surface area contributed by atoms with Crippen LogP contribution < -0.4 is 0 Å². The second-order valence-corrected chi connectivity index (χ2v) is 5.33. The average Bonchev–Trinajstić information content (AvgIpc) is 3.03. The molecule has 6 heteroatoms. The molecule has 6 nitrogen and oxygen atoms in total. The fraction of sp³-hybridized carbons (Fsp3) is 0.333. The minimum absolute atomic E-state index is 0.0815. The number of H-pyrrole nitrogens is 1. The van der Waals surface area contributed by atoms with Gasteiger partial charge in [0.1, 0.15) is 6.04 Å². The van der Waals surface area contributed by atoms with Crippen LogP contribution >= 0.6 is 0 Å². The normalized spacial score (nSPS) is 21.9. The maximum Gasteiger partial charge on any atom is 0.326 e. The fourth-order valence-electron chi connectivity index (χ4n) is 2.87. The third kappa shape index (κ3) is 2.50. The van der Waals surface area contributed by atoms with Crippen LogP contribution in [0.3, 0.4) is 0 Å². The van der Waals surface area contributed by atoms with Crippen molar-refractivity contribution in [2.75, 3.05) is 6.54 Å². The largest absolute Gasteiger partial charge is 0.480 e. The number of para-hydroxylation sites is 1. The molecule has 1 saturated heterocycles. The molecular formula is C15H16N2O4. The van der Waals surface area contributed by atoms with Crippen molar-refractivity contribution in [2.24, 2.45) is 0 Å². The molecule has 1 amide bonds. The highest BCUT2D eigenvalue weighted by Gasteiger charge is 2.38. The lowest BCUT2D eigenvalue weighted by Crippen LogP contribution is -2.41. The van der Waals surface area contributed by atoms with Gasteiger partial charge in [-0.05, 0) is 11.6 Å². The molecule has 21 heavy (non-hydrogen) atoms. The summed E-state index contributed by atoms with van der Waals surface area (Å²) < 4.78 is 0. The van der Waals surface area contributed by atoms with E-state index in [2.05, 4.69) is 4.98 Å². The van der Waals surface area contributed by atoms with Crippen molar-refractivity contribution in [1.29, 1.82) is 0 Å². The topological polar surface area (TPSA) is 93.6 Å². The summed E-state index contributed by atoms with van der Waals surface area (Å²) >= 11 is 0. The minimum atomic E-state index is -1.07. The molecule has 2 aromatic rings. The van der Waals surface area contributed by atoms with Crippen LogP contribution in [0.15, 0.2) is 30.5 Å². The second-order valence-electron chi connectivity index (χ2n) is 5.33. The summed E-state index contributed by atoms with van der Waals surface area (Å²) in [5, 5.41) is 19.7. The van der Waals surface area contributed by atoms with Crippen LogP contribution in [0.5, 0.6) is 0 Å². The molecule has 0 unspecified atom stereocenters. The van der Waals surface area contributed by atoms with Crippen molar-refractivity contribution >= 4 is 22.8 Å². The van der Waals surface area contributed by atoms with Gasteiger partial charge in [-0.3, -0.25) is 4.79 Å². The zero-order chi connectivity index (χ0) is 15.0. The summed E-state index contributed by atoms with van der Waals surface area (Å²) in [6.45, 7) is 0.0815. The van der Waals surface area contributed by atoms with Crippen LogP contribution in [-0.4, -0.2) is 50.7 Å². The van der Waals surface area contributed by atoms with Crippen LogP contribution in [0.25, 0.3) is 10.9 Å². The number of fused-ring (bicyclic) bond motifs is 1. The molecule has 1 aliphatic heterocycles. The molecule has 0 saturated carbocycles. The number of aromatic amines is 1. The smallest absolute Gasteiger partial charge is 0.326 e. The molecule has 0 spiro atoms. The van der Waals surface area contributed by atoms with Crippen molar-refractivity contribution < 1.29 is 19.8 Å². The Balaban J connectivity index is 1.81. The number of likely N-dealkylation sites (tertiary alicyclic amines) is 1. The molecule has 3 rings (SSSR count). The van der Waals surface area contributed by atoms with Crippen LogP contribution in [0.2, 0.25) is 0 Å². The van der Waals surface area contributed by atoms with E-state index in [1.54, 1.807) is 6.20 Å². The number of hydrogen-bond acceptors (Lipinski definition) is 3. The van der Waals surface area contributed by atoms with Gasteiger partial charge in [-0.15, -0.1) is 0 Å². The number of carbonyl (C=O) groups is 2. The van der Waals surface area contributed by atoms with Crippen LogP contribution in [-0.2, 0) is 16.0 Å². The number of carbonyl (C=O) groups excluding carboxylic acids is 1. The van der Waals surface area contributed by atoms with E-state index in [9.17, 15) is 14.7 Å². The number of amides is 1. The number of aliphatic carboxylic acids is 1. The van der Waals surface area contributed by atoms with E-state index in [1.165, 1.54) is 4.90 Å². The van der Waals surface area contributed by atoms with Gasteiger partial charge in [0.25, 0.3) is 0 Å². The SMILES string of the molecule is O=C(O)[C@H]1C[C@@H](O)CN1C(=O)Cc1c[nH]c2ccccc12. The predicted octanol–water partition coefficient (Wildman–Crippen LogP) is 0.757. The first kappa shape index (κ1) is 13.6. The number of aliphatic hydroxyl groups is 1. The summed E-state index contributed by atoms with van der Waals surface area (Å²) in [6, 6.07) is 6.70. The zero-order valence-corrected chi connectivity index (χ0v) is 11.3. The lowest BCUT2D eigenvalue weighted by Gasteiger charge is -2.21. The van der Waals surface area contributed by atoms with E-state index in [-0.39, 0.29) is 25.3 Å². The number of aliphatic hydroxyl groups excluding tert-OH is 1. The van der Waals surface area contributed by atoms with E-state index < -0.39 is 18.1 Å². The summed E-state index contributed by atoms with van der Waals surface area (Å²) in [5.74, 6) is -1.34. The Bertz CT molecular complexity index is 694. The number of nitrogens with zero attached hydrogens (tertiary/aromatic N) is 1. The number of aromatic nitrogens is 1. The van der Waals surface area contributed by atoms with Crippen molar-refractivity contribution in [3.05, 3.63) is 36.0 Å². The van der Waals surface area contributed by atoms with Crippen LogP contribution in [0, 0.1) is 0 Å². The minimum Gasteiger partial charge on any atom is -0.480 e. The van der Waals surface area contributed by atoms with Crippen molar-refractivity contribution in [3.8, 4) is 0 Å². The summed E-state index contributed by atoms with van der Waals surface area (Å²) in [4.78, 5) is 27.9. The summed E-state index contributed by atoms with van der Waals surface area (Å²) in [7, 11) is 0. The third-order valence-corrected chi connectivity index (χ3v) is 3.90. The van der Waals surface area contributed by atoms with E-state index in [1.807, 2.05) is 24.3 Å². The average molecular weight is 288 g/mol. The second kappa shape index (κ2) is 5.21. The number of benzene rings is 1. The maximum absolute atomic E-state index is 12.4. The first-order chi connectivity index (χ1) is 10.1. The van der Waals surface area contributed by atoms with Gasteiger partial charge >= 0.3 is 5.97 Å². The lowest BCUT2D eigenvalue weighted by atomic mass is 10.1. The number of carboxylic acids is 1. The van der Waals surface area contributed by atoms with Crippen molar-refractivity contribution in [2.45, 2.75) is 25.0 Å². The Morgan fingerprint density at radius 2 is 2.10 bits per heavy atom. The number of nitrogens with one attached hydrogen (secondary N) is 1. The molecule has 1 fully saturated rings. The van der Waals surface area contributed by atoms with Gasteiger partial charge < -0.3 is 20.1 Å². The van der Waals surface area contributed by atoms with E-state index in [4.69, 9.17) is 5.11 Å². The molecule has 0 aliphatic carbocycles. The highest BCUT2D eigenvalue weighted by Crippen LogP contribution is 2.22. The summed E-state index contributed by atoms with van der Waals surface area (Å²) in [5.41, 5.74) is 1.78. The number of β-amino-alcohol motifs (C(OH)–C–C–N with tert-alkyl or cyclic N) is 1. The van der Waals surface area contributed by atoms with Gasteiger partial charge in [-0.2, -0.15) is 0 Å². The number of rotatable bonds is 3. The van der Waals surface area contributed by atoms with Crippen LogP contribution in [0.1, 0.15) is 12.0 Å². The first-order valence-corrected chi connectivity index (χ1v) is 6.81. The first-order valence-electron chi connectivity index (χ1n) is 6.81. The predicted molar refractivity (Wildman–Crippen MR) is 75.8 cm³/mol. The molecule has 1 aromatic carbocycles. The number of hydrogen-bond donors (Lipinski definition) is 3. The maximum atomic E-state index is 12.4. The van der Waals surface area contributed by atoms with E-state index in [0.29, 0.717) is 0 Å². The number of carboxylic acid groups (broad SMARTS) is 1. The highest BCUT2D eigenvalue weighted by molar-refractivity contribution is 5.91. The molecule has 2 atom stereocenters. The molecule has 3 N–H and O–H groups in total. The fourth-order valence-corrected chi connectivity index (χ4v) is 2.87. The Hall–Kier alpha value is -2.34. The van der Waals surface area contributed by atoms with Gasteiger partial charge in [-0.1, -0.05) is 18.2 Å². The molecule has 0 radical (unpaired) electrons. The standard InChI is InChI=1S/C15H16N2O4/c18-10-6-13(15(20)21)17(8-10)14(19)5-9-7-16-12-4-2-1-3-11(9)12/h1-4,7,10,13,16,18H,5-6,8H2,(H,20,21)/t10-,13-/m1/s1. The quantitative estimate of drug-likeness (QED) is 0.777. The third-order valence-electron chi connectivity index (χ3n) is 3.90. The molecule has 1 aromatic heterocycles. The Kier molecular flexibility index (Phi) is 3.39. The van der Waals surface area contributed by atoms with Crippen LogP contribution in [0.4, 0.5) is 0 Å². The molecule has 2 heterocycles. The molecular weight excluding hydrogens is 272 g/mol. The Morgan fingerprint density at radius 1 is 1.33 bits per heavy atom. The van der Waals surface area contributed by atoms with Crippen molar-refractivity contribution in [1.82, 2.24) is 9.88 Å². The van der Waals surface area contributed by atoms with Gasteiger partial charge in [0.2, 0.25) is 5.91 Å². The molecule has 110 valence electrons. The van der Waals surface area contributed by atoms with Gasteiger partial charge in [0.05, 0.1) is 12.5 Å². The van der Waals surface area contributed by atoms with E-state index >= 15 is 0 Å². The van der Waals surface area contributed by atoms with E-state index in [0.717, 1.165) is 16.5 Å². The van der Waals surface area contributed by atoms with Crippen molar-refractivity contribution in [3.63, 3.8) is 0 Å². The Morgan fingerprint density at radius 3 is 2.86 bits per heavy atom. The summed E-state index contributed by atoms with van der Waals surface area (Å²) in [6.07, 6.45) is 1.22. The van der Waals surface area contributed by atoms with Gasteiger partial charge in [0, 0.05) is 30.1 Å². The molecule has 1 aliphatic rings. The van der Waals surface area contributed by atoms with Gasteiger partial charge in [0.15, 0.2) is 0 Å². The molecule has 0 bridgehead atoms. The van der Waals surface area contributed by atoms with Gasteiger partial charge in [-0.25, -0.2) is 4.79 Å². The Labute approximate surface area is 121 Å². The highest BCUT2D eigenvalue weighted by atomic mass is 16.4. The lowest BCUT2D eigenvalue weighted by molar-refractivity contribution is -0.147. The zero-order valence-electron chi connectivity index (χ0n) is 11.3.